The van der Waals surface area contributed by atoms with Crippen LogP contribution in [0.3, 0.4) is 0 Å². The highest BCUT2D eigenvalue weighted by molar-refractivity contribution is 5.34. The van der Waals surface area contributed by atoms with Crippen molar-refractivity contribution in [2.45, 2.75) is 63.5 Å². The summed E-state index contributed by atoms with van der Waals surface area (Å²) < 4.78 is 6.39. The SMILES string of the molecule is CC[C@]12CCC3C(C=CC4=CC(N=O)CC[C@@H]43)C1CC[C@@]21C=CCO1. The lowest BCUT2D eigenvalue weighted by Gasteiger charge is -2.55. The second kappa shape index (κ2) is 5.64. The Kier molecular flexibility index (Phi) is 3.61. The van der Waals surface area contributed by atoms with Crippen molar-refractivity contribution in [2.24, 2.45) is 34.3 Å². The first-order valence-corrected chi connectivity index (χ1v) is 10.3. The number of ether oxygens (including phenoxy) is 1. The van der Waals surface area contributed by atoms with Gasteiger partial charge in [-0.2, -0.15) is 4.91 Å². The first-order chi connectivity index (χ1) is 12.2. The minimum absolute atomic E-state index is 0.0143. The van der Waals surface area contributed by atoms with Gasteiger partial charge in [0.25, 0.3) is 0 Å². The Morgan fingerprint density at radius 3 is 2.92 bits per heavy atom. The van der Waals surface area contributed by atoms with E-state index in [-0.39, 0.29) is 11.6 Å². The smallest absolute Gasteiger partial charge is 0.111 e. The maximum absolute atomic E-state index is 11.0. The molecule has 3 heteroatoms. The van der Waals surface area contributed by atoms with E-state index >= 15 is 0 Å². The van der Waals surface area contributed by atoms with E-state index in [2.05, 4.69) is 42.5 Å². The van der Waals surface area contributed by atoms with Gasteiger partial charge >= 0.3 is 0 Å². The number of nitrogens with zero attached hydrogens (tertiary/aromatic N) is 1. The molecule has 1 spiro atoms. The van der Waals surface area contributed by atoms with Crippen LogP contribution in [-0.2, 0) is 4.74 Å². The highest BCUT2D eigenvalue weighted by atomic mass is 16.5. The summed E-state index contributed by atoms with van der Waals surface area (Å²) >= 11 is 0. The molecule has 0 saturated heterocycles. The van der Waals surface area contributed by atoms with Crippen LogP contribution in [0.5, 0.6) is 0 Å². The van der Waals surface area contributed by atoms with Crippen LogP contribution in [-0.4, -0.2) is 18.2 Å². The molecule has 25 heavy (non-hydrogen) atoms. The zero-order valence-corrected chi connectivity index (χ0v) is 15.2. The molecule has 4 aliphatic carbocycles. The first-order valence-electron chi connectivity index (χ1n) is 10.3. The lowest BCUT2D eigenvalue weighted by molar-refractivity contribution is -0.112. The van der Waals surface area contributed by atoms with Crippen molar-refractivity contribution in [2.75, 3.05) is 6.61 Å². The van der Waals surface area contributed by atoms with Gasteiger partial charge in [0.05, 0.1) is 12.2 Å². The fraction of sp³-hybridized carbons (Fsp3) is 0.727. The van der Waals surface area contributed by atoms with E-state index in [1.165, 1.54) is 37.7 Å². The normalized spacial score (nSPS) is 50.3. The molecule has 2 saturated carbocycles. The molecule has 0 aromatic carbocycles. The van der Waals surface area contributed by atoms with Gasteiger partial charge in [-0.05, 0) is 74.2 Å². The van der Waals surface area contributed by atoms with Crippen molar-refractivity contribution < 1.29 is 4.74 Å². The fourth-order valence-electron chi connectivity index (χ4n) is 7.41. The molecule has 0 aromatic heterocycles. The molecule has 1 aliphatic heterocycles. The zero-order valence-electron chi connectivity index (χ0n) is 15.2. The largest absolute Gasteiger partial charge is 0.366 e. The Morgan fingerprint density at radius 1 is 1.24 bits per heavy atom. The van der Waals surface area contributed by atoms with E-state index in [0.29, 0.717) is 17.3 Å². The van der Waals surface area contributed by atoms with Crippen molar-refractivity contribution in [1.82, 2.24) is 0 Å². The van der Waals surface area contributed by atoms with E-state index in [9.17, 15) is 4.91 Å². The quantitative estimate of drug-likeness (QED) is 0.513. The van der Waals surface area contributed by atoms with Gasteiger partial charge in [0, 0.05) is 5.41 Å². The predicted molar refractivity (Wildman–Crippen MR) is 99.0 cm³/mol. The van der Waals surface area contributed by atoms with Crippen molar-refractivity contribution >= 4 is 0 Å². The molecule has 0 radical (unpaired) electrons. The standard InChI is InChI=1S/C22H29NO2/c1-2-21-11-8-18-17-7-5-16(23-24)14-15(17)4-6-19(18)20(21)9-12-22(21)10-3-13-25-22/h3-4,6,10,14,16-20H,2,5,7-9,11-13H2,1H3/t16?,17-,18?,19?,20?,21-,22-/m0/s1. The summed E-state index contributed by atoms with van der Waals surface area (Å²) in [5, 5.41) is 3.28. The first kappa shape index (κ1) is 16.0. The molecule has 0 bridgehead atoms. The van der Waals surface area contributed by atoms with Gasteiger partial charge < -0.3 is 4.74 Å². The summed E-state index contributed by atoms with van der Waals surface area (Å²) in [6, 6.07) is -0.0995. The molecule has 0 aromatic rings. The summed E-state index contributed by atoms with van der Waals surface area (Å²) in [7, 11) is 0. The highest BCUT2D eigenvalue weighted by Gasteiger charge is 2.64. The second-order valence-electron chi connectivity index (χ2n) is 8.92. The van der Waals surface area contributed by atoms with E-state index in [0.717, 1.165) is 31.3 Å². The van der Waals surface area contributed by atoms with Crippen molar-refractivity contribution in [1.29, 1.82) is 0 Å². The predicted octanol–water partition coefficient (Wildman–Crippen LogP) is 5.19. The Bertz CT molecular complexity index is 665. The summed E-state index contributed by atoms with van der Waals surface area (Å²) in [5.41, 5.74) is 1.74. The summed E-state index contributed by atoms with van der Waals surface area (Å²) in [6.07, 6.45) is 20.0. The van der Waals surface area contributed by atoms with E-state index in [1.807, 2.05) is 0 Å². The molecule has 5 rings (SSSR count). The molecule has 5 aliphatic rings. The number of nitroso groups, excluding NO2 is 1. The topological polar surface area (TPSA) is 38.7 Å². The Balaban J connectivity index is 1.51. The molecule has 0 amide bonds. The van der Waals surface area contributed by atoms with Gasteiger partial charge in [0.15, 0.2) is 0 Å². The maximum Gasteiger partial charge on any atom is 0.111 e. The number of fused-ring (bicyclic) bond motifs is 6. The Morgan fingerprint density at radius 2 is 2.16 bits per heavy atom. The van der Waals surface area contributed by atoms with E-state index < -0.39 is 0 Å². The van der Waals surface area contributed by atoms with Crippen LogP contribution in [0.25, 0.3) is 0 Å². The van der Waals surface area contributed by atoms with Gasteiger partial charge in [-0.15, -0.1) is 0 Å². The van der Waals surface area contributed by atoms with Crippen molar-refractivity contribution in [3.8, 4) is 0 Å². The number of allylic oxidation sites excluding steroid dienone is 3. The van der Waals surface area contributed by atoms with Gasteiger partial charge in [-0.25, -0.2) is 0 Å². The number of hydrogen-bond donors (Lipinski definition) is 0. The molecule has 2 fully saturated rings. The fourth-order valence-corrected chi connectivity index (χ4v) is 7.41. The lowest BCUT2D eigenvalue weighted by atomic mass is 9.51. The maximum atomic E-state index is 11.0. The average Bonchev–Trinajstić information content (AvgIpc) is 3.27. The summed E-state index contributed by atoms with van der Waals surface area (Å²) in [6.45, 7) is 3.18. The number of hydrogen-bond acceptors (Lipinski definition) is 3. The Labute approximate surface area is 150 Å². The van der Waals surface area contributed by atoms with Crippen LogP contribution in [0.2, 0.25) is 0 Å². The highest BCUT2D eigenvalue weighted by Crippen LogP contribution is 2.67. The average molecular weight is 339 g/mol. The minimum Gasteiger partial charge on any atom is -0.366 e. The van der Waals surface area contributed by atoms with Gasteiger partial charge in [0.2, 0.25) is 0 Å². The molecule has 0 N–H and O–H groups in total. The van der Waals surface area contributed by atoms with E-state index in [1.54, 1.807) is 0 Å². The Hall–Kier alpha value is -1.22. The van der Waals surface area contributed by atoms with Crippen molar-refractivity contribution in [3.63, 3.8) is 0 Å². The van der Waals surface area contributed by atoms with Crippen LogP contribution >= 0.6 is 0 Å². The molecular weight excluding hydrogens is 310 g/mol. The third-order valence-electron chi connectivity index (χ3n) is 8.47. The van der Waals surface area contributed by atoms with Gasteiger partial charge in [-0.3, -0.25) is 0 Å². The summed E-state index contributed by atoms with van der Waals surface area (Å²) in [4.78, 5) is 11.0. The zero-order chi connectivity index (χ0) is 17.1. The molecular formula is C22H29NO2. The van der Waals surface area contributed by atoms with Crippen LogP contribution in [0.4, 0.5) is 0 Å². The van der Waals surface area contributed by atoms with Crippen LogP contribution in [0, 0.1) is 34.0 Å². The number of rotatable bonds is 2. The monoisotopic (exact) mass is 339 g/mol. The molecule has 3 nitrogen and oxygen atoms in total. The third-order valence-corrected chi connectivity index (χ3v) is 8.47. The molecule has 4 unspecified atom stereocenters. The van der Waals surface area contributed by atoms with Crippen LogP contribution in [0.15, 0.2) is 41.1 Å². The second-order valence-corrected chi connectivity index (χ2v) is 8.92. The van der Waals surface area contributed by atoms with Crippen molar-refractivity contribution in [3.05, 3.63) is 40.9 Å². The summed E-state index contributed by atoms with van der Waals surface area (Å²) in [5.74, 6) is 2.85. The van der Waals surface area contributed by atoms with Gasteiger partial charge in [-0.1, -0.05) is 42.5 Å². The van der Waals surface area contributed by atoms with Gasteiger partial charge in [0.1, 0.15) is 6.04 Å². The van der Waals surface area contributed by atoms with Crippen LogP contribution in [0.1, 0.15) is 51.9 Å². The lowest BCUT2D eigenvalue weighted by Crippen LogP contribution is -2.52. The third kappa shape index (κ3) is 2.02. The minimum atomic E-state index is -0.0995. The van der Waals surface area contributed by atoms with Crippen LogP contribution < -0.4 is 0 Å². The molecule has 134 valence electrons. The molecule has 1 heterocycles. The molecule has 7 atom stereocenters. The van der Waals surface area contributed by atoms with E-state index in [4.69, 9.17) is 4.74 Å².